The van der Waals surface area contributed by atoms with E-state index in [4.69, 9.17) is 27.9 Å². The maximum Gasteiger partial charge on any atom is 0.338 e. The van der Waals surface area contributed by atoms with Gasteiger partial charge in [0.25, 0.3) is 0 Å². The summed E-state index contributed by atoms with van der Waals surface area (Å²) in [6.45, 7) is 1.51. The number of carbonyl (C=O) groups excluding carboxylic acids is 2. The first-order valence-electron chi connectivity index (χ1n) is 12.5. The number of amides is 1. The second-order valence-electron chi connectivity index (χ2n) is 9.87. The maximum atomic E-state index is 13.2. The molecule has 10 nitrogen and oxygen atoms in total. The Bertz CT molecular complexity index is 1520. The van der Waals surface area contributed by atoms with Crippen LogP contribution < -0.4 is 5.32 Å². The second kappa shape index (κ2) is 12.2. The fourth-order valence-corrected chi connectivity index (χ4v) is 5.47. The van der Waals surface area contributed by atoms with Gasteiger partial charge in [-0.1, -0.05) is 59.6 Å². The van der Waals surface area contributed by atoms with E-state index < -0.39 is 65.6 Å². The number of nitrogens with one attached hydrogen (secondary N) is 1. The fraction of sp³-hybridized carbons (Fsp3) is 0.276. The van der Waals surface area contributed by atoms with Crippen molar-refractivity contribution in [3.05, 3.63) is 81.8 Å². The smallest absolute Gasteiger partial charge is 0.338 e. The van der Waals surface area contributed by atoms with Gasteiger partial charge in [0.05, 0.1) is 45.3 Å². The van der Waals surface area contributed by atoms with Crippen molar-refractivity contribution in [2.24, 2.45) is 23.7 Å². The van der Waals surface area contributed by atoms with Gasteiger partial charge in [0.15, 0.2) is 0 Å². The summed E-state index contributed by atoms with van der Waals surface area (Å²) in [5, 5.41) is 33.3. The van der Waals surface area contributed by atoms with Gasteiger partial charge in [0.2, 0.25) is 5.91 Å². The van der Waals surface area contributed by atoms with Crippen molar-refractivity contribution in [3.63, 3.8) is 0 Å². The minimum Gasteiger partial charge on any atom is -0.481 e. The van der Waals surface area contributed by atoms with E-state index in [1.165, 1.54) is 6.92 Å². The first-order valence-corrected chi connectivity index (χ1v) is 13.3. The lowest BCUT2D eigenvalue weighted by Crippen LogP contribution is -2.63. The summed E-state index contributed by atoms with van der Waals surface area (Å²) in [4.78, 5) is 61.5. The quantitative estimate of drug-likeness (QED) is 0.249. The molecule has 0 bridgehead atoms. The van der Waals surface area contributed by atoms with Crippen LogP contribution >= 0.6 is 23.2 Å². The van der Waals surface area contributed by atoms with Crippen LogP contribution in [0.4, 0.5) is 0 Å². The molecule has 1 aliphatic rings. The highest BCUT2D eigenvalue weighted by atomic mass is 35.5. The molecule has 4 N–H and O–H groups in total. The lowest BCUT2D eigenvalue weighted by atomic mass is 9.56. The predicted molar refractivity (Wildman–Crippen MR) is 148 cm³/mol. The average Bonchev–Trinajstić information content (AvgIpc) is 2.88. The summed E-state index contributed by atoms with van der Waals surface area (Å²) in [6.07, 6.45) is -0.956. The van der Waals surface area contributed by atoms with Gasteiger partial charge in [-0.05, 0) is 47.5 Å². The van der Waals surface area contributed by atoms with Gasteiger partial charge in [-0.2, -0.15) is 0 Å². The Morgan fingerprint density at radius 2 is 1.37 bits per heavy atom. The van der Waals surface area contributed by atoms with E-state index in [0.29, 0.717) is 10.6 Å². The van der Waals surface area contributed by atoms with E-state index in [9.17, 15) is 39.3 Å². The molecular formula is C29H25Cl2NO9. The molecule has 0 aromatic heterocycles. The van der Waals surface area contributed by atoms with Crippen LogP contribution in [-0.4, -0.2) is 57.2 Å². The third kappa shape index (κ3) is 6.28. The van der Waals surface area contributed by atoms with Crippen molar-refractivity contribution in [2.45, 2.75) is 25.5 Å². The number of carboxylic acid groups (broad SMARTS) is 3. The highest BCUT2D eigenvalue weighted by Crippen LogP contribution is 2.47. The third-order valence-electron chi connectivity index (χ3n) is 7.30. The monoisotopic (exact) mass is 601 g/mol. The van der Waals surface area contributed by atoms with Gasteiger partial charge in [-0.25, -0.2) is 4.79 Å². The summed E-state index contributed by atoms with van der Waals surface area (Å²) in [5.74, 6) is -13.4. The predicted octanol–water partition coefficient (Wildman–Crippen LogP) is 4.15. The number of carboxylic acids is 3. The van der Waals surface area contributed by atoms with Crippen LogP contribution in [0.5, 0.6) is 0 Å². The lowest BCUT2D eigenvalue weighted by molar-refractivity contribution is -0.187. The van der Waals surface area contributed by atoms with Crippen LogP contribution in [0.25, 0.3) is 10.8 Å². The molecule has 6 atom stereocenters. The molecule has 0 heterocycles. The maximum absolute atomic E-state index is 13.2. The summed E-state index contributed by atoms with van der Waals surface area (Å²) in [6, 6.07) is 16.3. The molecule has 3 aromatic carbocycles. The van der Waals surface area contributed by atoms with Gasteiger partial charge in [-0.15, -0.1) is 0 Å². The Morgan fingerprint density at radius 1 is 0.780 bits per heavy atom. The molecule has 0 saturated heterocycles. The number of rotatable bonds is 10. The Balaban J connectivity index is 1.59. The molecule has 1 amide bonds. The van der Waals surface area contributed by atoms with E-state index >= 15 is 0 Å². The second-order valence-corrected chi connectivity index (χ2v) is 10.7. The first-order chi connectivity index (χ1) is 19.4. The minimum atomic E-state index is -1.77. The van der Waals surface area contributed by atoms with Crippen molar-refractivity contribution in [2.75, 3.05) is 0 Å². The van der Waals surface area contributed by atoms with Crippen molar-refractivity contribution < 1.29 is 44.0 Å². The summed E-state index contributed by atoms with van der Waals surface area (Å²) in [7, 11) is 0. The molecule has 0 radical (unpaired) electrons. The van der Waals surface area contributed by atoms with Gasteiger partial charge in [0.1, 0.15) is 6.10 Å². The van der Waals surface area contributed by atoms with Crippen LogP contribution in [0.3, 0.4) is 0 Å². The summed E-state index contributed by atoms with van der Waals surface area (Å²) in [5.41, 5.74) is 0.861. The number of halogens is 2. The molecule has 1 aliphatic carbocycles. The number of ether oxygens (including phenoxy) is 1. The molecule has 1 fully saturated rings. The lowest BCUT2D eigenvalue weighted by Gasteiger charge is -2.44. The molecule has 4 rings (SSSR count). The van der Waals surface area contributed by atoms with Crippen LogP contribution in [0.1, 0.15) is 22.8 Å². The molecule has 0 spiro atoms. The number of esters is 1. The minimum absolute atomic E-state index is 0.0603. The zero-order chi connectivity index (χ0) is 30.0. The molecule has 1 saturated carbocycles. The van der Waals surface area contributed by atoms with Crippen LogP contribution in [-0.2, 0) is 30.3 Å². The topological polar surface area (TPSA) is 167 Å². The number of carbonyl (C=O) groups is 5. The molecule has 41 heavy (non-hydrogen) atoms. The van der Waals surface area contributed by atoms with E-state index in [1.807, 2.05) is 24.3 Å². The zero-order valence-corrected chi connectivity index (χ0v) is 23.0. The van der Waals surface area contributed by atoms with E-state index in [0.717, 1.165) is 10.8 Å². The SMILES string of the molecule is C[C@H](NC(=O)[C@@H]1[C@H](C(=O)O)[C@@H](C(=O)O)[C@@H]1C(=O)O)[C@@H](Cc1ccc(Cl)c(Cl)c1)OC(=O)c1ccc2ccccc2c1. The number of aliphatic carboxylic acids is 3. The highest BCUT2D eigenvalue weighted by molar-refractivity contribution is 6.42. The molecule has 12 heteroatoms. The van der Waals surface area contributed by atoms with Crippen molar-refractivity contribution in [1.29, 1.82) is 0 Å². The summed E-state index contributed by atoms with van der Waals surface area (Å²) >= 11 is 12.2. The average molecular weight is 602 g/mol. The molecular weight excluding hydrogens is 577 g/mol. The number of hydrogen-bond acceptors (Lipinski definition) is 6. The van der Waals surface area contributed by atoms with Crippen molar-refractivity contribution in [1.82, 2.24) is 5.32 Å². The number of benzene rings is 3. The fourth-order valence-electron chi connectivity index (χ4n) is 5.15. The Kier molecular flexibility index (Phi) is 8.84. The van der Waals surface area contributed by atoms with Crippen LogP contribution in [0, 0.1) is 23.7 Å². The third-order valence-corrected chi connectivity index (χ3v) is 8.04. The van der Waals surface area contributed by atoms with Crippen molar-refractivity contribution in [3.8, 4) is 0 Å². The molecule has 0 aliphatic heterocycles. The molecule has 3 aromatic rings. The normalized spacial score (nSPS) is 21.2. The van der Waals surface area contributed by atoms with E-state index in [2.05, 4.69) is 5.32 Å². The first kappa shape index (κ1) is 29.8. The van der Waals surface area contributed by atoms with Gasteiger partial charge in [0, 0.05) is 6.42 Å². The standard InChI is InChI=1S/C29H25Cl2NO9/c1-13(32-25(33)21-22(26(34)35)24(28(38)39)23(21)27(36)37)20(11-14-6-9-18(30)19(31)10-14)41-29(40)17-8-7-15-4-2-3-5-16(15)12-17/h2-10,12-13,20-24H,11H2,1H3,(H,32,33)(H,34,35)(H,36,37)(H,38,39)/t13-,20+,21-,22+,23-,24-/m0/s1. The molecule has 214 valence electrons. The van der Waals surface area contributed by atoms with E-state index in [-0.39, 0.29) is 17.0 Å². The van der Waals surface area contributed by atoms with Gasteiger partial charge < -0.3 is 25.4 Å². The Hall–Kier alpha value is -4.15. The Labute approximate surface area is 243 Å². The zero-order valence-electron chi connectivity index (χ0n) is 21.5. The summed E-state index contributed by atoms with van der Waals surface area (Å²) < 4.78 is 5.81. The van der Waals surface area contributed by atoms with Crippen molar-refractivity contribution >= 4 is 63.8 Å². The largest absolute Gasteiger partial charge is 0.481 e. The van der Waals surface area contributed by atoms with Gasteiger partial charge >= 0.3 is 23.9 Å². The number of hydrogen-bond donors (Lipinski definition) is 4. The Morgan fingerprint density at radius 3 is 1.95 bits per heavy atom. The number of fused-ring (bicyclic) bond motifs is 1. The van der Waals surface area contributed by atoms with Crippen LogP contribution in [0.15, 0.2) is 60.7 Å². The van der Waals surface area contributed by atoms with Gasteiger partial charge in [-0.3, -0.25) is 19.2 Å². The molecule has 0 unspecified atom stereocenters. The van der Waals surface area contributed by atoms with Crippen LogP contribution in [0.2, 0.25) is 10.0 Å². The van der Waals surface area contributed by atoms with E-state index in [1.54, 1.807) is 36.4 Å². The highest BCUT2D eigenvalue weighted by Gasteiger charge is 2.64.